The van der Waals surface area contributed by atoms with Crippen molar-refractivity contribution in [2.45, 2.75) is 13.0 Å². The third-order valence-electron chi connectivity index (χ3n) is 3.19. The van der Waals surface area contributed by atoms with Crippen LogP contribution in [0.1, 0.15) is 12.5 Å². The van der Waals surface area contributed by atoms with E-state index in [1.807, 2.05) is 49.7 Å². The summed E-state index contributed by atoms with van der Waals surface area (Å²) >= 11 is 1.65. The van der Waals surface area contributed by atoms with E-state index in [4.69, 9.17) is 10.5 Å². The molecule has 0 saturated heterocycles. The van der Waals surface area contributed by atoms with Crippen LogP contribution in [0.3, 0.4) is 0 Å². The first-order valence-corrected chi connectivity index (χ1v) is 7.81. The normalized spacial score (nSPS) is 12.9. The summed E-state index contributed by atoms with van der Waals surface area (Å²) in [5.74, 6) is 0.816. The van der Waals surface area contributed by atoms with E-state index in [0.717, 1.165) is 32.1 Å². The van der Waals surface area contributed by atoms with Crippen LogP contribution < -0.4 is 10.5 Å². The average molecular weight is 311 g/mol. The van der Waals surface area contributed by atoms with Gasteiger partial charge in [-0.05, 0) is 30.7 Å². The van der Waals surface area contributed by atoms with Crippen LogP contribution in [-0.2, 0) is 0 Å². The predicted octanol–water partition coefficient (Wildman–Crippen LogP) is 3.73. The van der Waals surface area contributed by atoms with Crippen molar-refractivity contribution in [1.82, 2.24) is 9.97 Å². The van der Waals surface area contributed by atoms with Gasteiger partial charge >= 0.3 is 0 Å². The van der Waals surface area contributed by atoms with E-state index in [-0.39, 0.29) is 6.04 Å². The smallest absolute Gasteiger partial charge is 0.126 e. The third-order valence-corrected chi connectivity index (χ3v) is 4.28. The van der Waals surface area contributed by atoms with Crippen LogP contribution in [0.15, 0.2) is 42.7 Å². The number of rotatable bonds is 4. The molecule has 0 aliphatic carbocycles. The average Bonchev–Trinajstić information content (AvgIpc) is 2.96. The summed E-state index contributed by atoms with van der Waals surface area (Å²) in [6.07, 6.45) is 7.58. The molecule has 4 nitrogen and oxygen atoms in total. The summed E-state index contributed by atoms with van der Waals surface area (Å²) in [6.45, 7) is 1.94. The maximum Gasteiger partial charge on any atom is 0.126 e. The molecule has 0 amide bonds. The molecule has 0 bridgehead atoms. The van der Waals surface area contributed by atoms with E-state index in [9.17, 15) is 0 Å². The van der Waals surface area contributed by atoms with Gasteiger partial charge in [0.1, 0.15) is 10.8 Å². The lowest BCUT2D eigenvalue weighted by molar-refractivity contribution is 0.415. The minimum atomic E-state index is 0.0265. The highest BCUT2D eigenvalue weighted by atomic mass is 32.1. The summed E-state index contributed by atoms with van der Waals surface area (Å²) in [6, 6.07) is 8.02. The Morgan fingerprint density at radius 1 is 1.27 bits per heavy atom. The molecule has 0 spiro atoms. The van der Waals surface area contributed by atoms with Crippen molar-refractivity contribution in [2.24, 2.45) is 5.73 Å². The molecule has 2 aromatic heterocycles. The van der Waals surface area contributed by atoms with Gasteiger partial charge in [-0.2, -0.15) is 0 Å². The zero-order valence-corrected chi connectivity index (χ0v) is 13.3. The molecular formula is C17H17N3OS. The molecule has 1 aromatic carbocycles. The van der Waals surface area contributed by atoms with Crippen LogP contribution in [0.4, 0.5) is 0 Å². The number of nitrogens with zero attached hydrogens (tertiary/aromatic N) is 2. The molecule has 0 aliphatic rings. The minimum absolute atomic E-state index is 0.0265. The molecule has 3 aromatic rings. The quantitative estimate of drug-likeness (QED) is 0.797. The number of hydrogen-bond acceptors (Lipinski definition) is 5. The number of benzene rings is 1. The Balaban J connectivity index is 1.98. The molecule has 2 heterocycles. The predicted molar refractivity (Wildman–Crippen MR) is 92.1 cm³/mol. The van der Waals surface area contributed by atoms with Crippen molar-refractivity contribution in [2.75, 3.05) is 7.11 Å². The molecule has 2 N–H and O–H groups in total. The van der Waals surface area contributed by atoms with Crippen molar-refractivity contribution in [3.8, 4) is 16.3 Å². The zero-order chi connectivity index (χ0) is 15.5. The number of fused-ring (bicyclic) bond motifs is 1. The van der Waals surface area contributed by atoms with E-state index in [2.05, 4.69) is 16.0 Å². The molecular weight excluding hydrogens is 294 g/mol. The van der Waals surface area contributed by atoms with Crippen molar-refractivity contribution < 1.29 is 4.74 Å². The van der Waals surface area contributed by atoms with Crippen LogP contribution in [0, 0.1) is 0 Å². The Kier molecular flexibility index (Phi) is 4.18. The van der Waals surface area contributed by atoms with Crippen LogP contribution in [-0.4, -0.2) is 23.1 Å². The fourth-order valence-corrected chi connectivity index (χ4v) is 3.01. The lowest BCUT2D eigenvalue weighted by Crippen LogP contribution is -2.09. The van der Waals surface area contributed by atoms with Gasteiger partial charge in [0.05, 0.1) is 17.3 Å². The van der Waals surface area contributed by atoms with Crippen LogP contribution in [0.25, 0.3) is 26.9 Å². The van der Waals surface area contributed by atoms with Crippen molar-refractivity contribution in [3.63, 3.8) is 0 Å². The summed E-state index contributed by atoms with van der Waals surface area (Å²) in [7, 11) is 1.66. The maximum atomic E-state index is 5.74. The van der Waals surface area contributed by atoms with Gasteiger partial charge in [-0.1, -0.05) is 12.2 Å². The molecule has 22 heavy (non-hydrogen) atoms. The third kappa shape index (κ3) is 3.16. The number of aromatic nitrogens is 2. The fourth-order valence-electron chi connectivity index (χ4n) is 2.09. The fraction of sp³-hybridized carbons (Fsp3) is 0.176. The summed E-state index contributed by atoms with van der Waals surface area (Å²) in [4.78, 5) is 8.97. The number of methoxy groups -OCH3 is 1. The van der Waals surface area contributed by atoms with Gasteiger partial charge in [-0.3, -0.25) is 4.98 Å². The van der Waals surface area contributed by atoms with E-state index in [0.29, 0.717) is 0 Å². The SMILES string of the molecule is COc1ccc2sc(-c3cncc(/C=C/C(C)N)c3)nc2c1. The van der Waals surface area contributed by atoms with E-state index < -0.39 is 0 Å². The number of hydrogen-bond donors (Lipinski definition) is 1. The van der Waals surface area contributed by atoms with Gasteiger partial charge in [0, 0.05) is 30.1 Å². The molecule has 0 radical (unpaired) electrons. The largest absolute Gasteiger partial charge is 0.497 e. The lowest BCUT2D eigenvalue weighted by Gasteiger charge is -1.99. The van der Waals surface area contributed by atoms with Gasteiger partial charge in [0.2, 0.25) is 0 Å². The molecule has 0 aliphatic heterocycles. The highest BCUT2D eigenvalue weighted by Gasteiger charge is 2.08. The van der Waals surface area contributed by atoms with Crippen LogP contribution in [0.2, 0.25) is 0 Å². The Hall–Kier alpha value is -2.24. The second kappa shape index (κ2) is 6.25. The molecule has 5 heteroatoms. The first-order valence-electron chi connectivity index (χ1n) is 6.99. The Morgan fingerprint density at radius 3 is 2.91 bits per heavy atom. The van der Waals surface area contributed by atoms with Crippen molar-refractivity contribution >= 4 is 27.6 Å². The second-order valence-electron chi connectivity index (χ2n) is 5.08. The Morgan fingerprint density at radius 2 is 2.14 bits per heavy atom. The molecule has 1 atom stereocenters. The van der Waals surface area contributed by atoms with Gasteiger partial charge in [0.25, 0.3) is 0 Å². The highest BCUT2D eigenvalue weighted by molar-refractivity contribution is 7.21. The summed E-state index contributed by atoms with van der Waals surface area (Å²) in [5.41, 5.74) is 8.71. The summed E-state index contributed by atoms with van der Waals surface area (Å²) < 4.78 is 6.37. The first-order chi connectivity index (χ1) is 10.7. The minimum Gasteiger partial charge on any atom is -0.497 e. The van der Waals surface area contributed by atoms with Crippen LogP contribution in [0.5, 0.6) is 5.75 Å². The van der Waals surface area contributed by atoms with Crippen molar-refractivity contribution in [1.29, 1.82) is 0 Å². The highest BCUT2D eigenvalue weighted by Crippen LogP contribution is 2.32. The number of thiazole rings is 1. The summed E-state index contributed by atoms with van der Waals surface area (Å²) in [5, 5.41) is 0.951. The van der Waals surface area contributed by atoms with E-state index >= 15 is 0 Å². The van der Waals surface area contributed by atoms with Gasteiger partial charge in [-0.25, -0.2) is 4.98 Å². The zero-order valence-electron chi connectivity index (χ0n) is 12.5. The monoisotopic (exact) mass is 311 g/mol. The van der Waals surface area contributed by atoms with E-state index in [1.165, 1.54) is 0 Å². The number of ether oxygens (including phenoxy) is 1. The standard InChI is InChI=1S/C17H17N3OS/c1-11(18)3-4-12-7-13(10-19-9-12)17-20-15-8-14(21-2)5-6-16(15)22-17/h3-11H,18H2,1-2H3/b4-3+. The first kappa shape index (κ1) is 14.7. The maximum absolute atomic E-state index is 5.74. The van der Waals surface area contributed by atoms with Crippen LogP contribution >= 0.6 is 11.3 Å². The van der Waals surface area contributed by atoms with Crippen molar-refractivity contribution in [3.05, 3.63) is 48.3 Å². The number of pyridine rings is 1. The Labute approximate surface area is 133 Å². The molecule has 1 unspecified atom stereocenters. The topological polar surface area (TPSA) is 61.0 Å². The van der Waals surface area contributed by atoms with Gasteiger partial charge in [-0.15, -0.1) is 11.3 Å². The lowest BCUT2D eigenvalue weighted by atomic mass is 10.2. The molecule has 112 valence electrons. The van der Waals surface area contributed by atoms with Gasteiger partial charge in [0.15, 0.2) is 0 Å². The second-order valence-corrected chi connectivity index (χ2v) is 6.11. The van der Waals surface area contributed by atoms with E-state index in [1.54, 1.807) is 18.4 Å². The molecule has 0 fully saturated rings. The molecule has 3 rings (SSSR count). The van der Waals surface area contributed by atoms with Gasteiger partial charge < -0.3 is 10.5 Å². The molecule has 0 saturated carbocycles. The number of nitrogens with two attached hydrogens (primary N) is 1. The Bertz CT molecular complexity index is 824.